The minimum Gasteiger partial charge on any atom is -0.481 e. The Morgan fingerprint density at radius 2 is 1.76 bits per heavy atom. The van der Waals surface area contributed by atoms with E-state index in [1.807, 2.05) is 43.3 Å². The Balaban J connectivity index is 1.33. The molecular weight excluding hydrogens is 510 g/mol. The molecule has 3 aliphatic rings. The Hall–Kier alpha value is -3.96. The van der Waals surface area contributed by atoms with Crippen LogP contribution >= 0.6 is 0 Å². The standard InChI is InChI=1S/C27H27N3O7S/c1-15-7-5-6-8-22(15)17(3)36-26(33)28-23-16(2)29-37-24(23)20-9-18-11-21(12-19(18)10-20)27(25(31)32)13-30(14-27)38(4,34)35/h5-12,17H,13-14H2,1-4H3,(H,28,33)(H,31,32). The molecule has 0 spiro atoms. The van der Waals surface area contributed by atoms with Crippen molar-refractivity contribution in [1.29, 1.82) is 0 Å². The van der Waals surface area contributed by atoms with Gasteiger partial charge in [-0.2, -0.15) is 4.31 Å². The maximum absolute atomic E-state index is 12.7. The summed E-state index contributed by atoms with van der Waals surface area (Å²) in [4.78, 5) is 24.8. The van der Waals surface area contributed by atoms with E-state index in [0.29, 0.717) is 28.3 Å². The Morgan fingerprint density at radius 1 is 1.11 bits per heavy atom. The molecule has 0 radical (unpaired) electrons. The Bertz CT molecular complexity index is 1590. The highest BCUT2D eigenvalue weighted by Gasteiger charge is 2.55. The van der Waals surface area contributed by atoms with Crippen molar-refractivity contribution in [2.45, 2.75) is 26.9 Å². The van der Waals surface area contributed by atoms with E-state index in [4.69, 9.17) is 9.26 Å². The van der Waals surface area contributed by atoms with Crippen molar-refractivity contribution in [3.8, 4) is 0 Å². The molecule has 1 atom stereocenters. The normalized spacial score (nSPS) is 18.9. The summed E-state index contributed by atoms with van der Waals surface area (Å²) < 4.78 is 35.9. The number of nitrogens with one attached hydrogen (secondary N) is 1. The highest BCUT2D eigenvalue weighted by atomic mass is 32.2. The second kappa shape index (κ2) is 9.10. The number of rotatable bonds is 7. The van der Waals surface area contributed by atoms with Crippen LogP contribution in [0, 0.1) is 19.3 Å². The summed E-state index contributed by atoms with van der Waals surface area (Å²) >= 11 is 0. The van der Waals surface area contributed by atoms with Crippen LogP contribution in [0.1, 0.15) is 35.6 Å². The van der Waals surface area contributed by atoms with Gasteiger partial charge in [-0.3, -0.25) is 10.1 Å². The van der Waals surface area contributed by atoms with E-state index >= 15 is 0 Å². The number of anilines is 1. The van der Waals surface area contributed by atoms with Crippen LogP contribution in [0.3, 0.4) is 0 Å². The number of amides is 1. The number of benzene rings is 1. The summed E-state index contributed by atoms with van der Waals surface area (Å²) in [7, 11) is -3.47. The third-order valence-corrected chi connectivity index (χ3v) is 8.36. The third-order valence-electron chi connectivity index (χ3n) is 7.16. The quantitative estimate of drug-likeness (QED) is 0.537. The van der Waals surface area contributed by atoms with Crippen molar-refractivity contribution < 1.29 is 32.4 Å². The van der Waals surface area contributed by atoms with Gasteiger partial charge in [-0.15, -0.1) is 0 Å². The Morgan fingerprint density at radius 3 is 2.39 bits per heavy atom. The first kappa shape index (κ1) is 25.7. The molecule has 1 aromatic heterocycles. The van der Waals surface area contributed by atoms with Gasteiger partial charge in [0, 0.05) is 18.7 Å². The number of fused-ring (bicyclic) bond motifs is 1. The van der Waals surface area contributed by atoms with E-state index in [-0.39, 0.29) is 13.1 Å². The second-order valence-corrected chi connectivity index (χ2v) is 11.8. The van der Waals surface area contributed by atoms with Crippen molar-refractivity contribution in [3.63, 3.8) is 0 Å². The van der Waals surface area contributed by atoms with E-state index in [1.165, 1.54) is 0 Å². The number of carbonyl (C=O) groups excluding carboxylic acids is 1. The number of carbonyl (C=O) groups is 2. The summed E-state index contributed by atoms with van der Waals surface area (Å²) in [5, 5.41) is 16.6. The molecule has 1 amide bonds. The molecule has 1 aromatic carbocycles. The summed E-state index contributed by atoms with van der Waals surface area (Å²) in [6, 6.07) is 7.66. The topological polar surface area (TPSA) is 139 Å². The molecule has 1 fully saturated rings. The maximum Gasteiger partial charge on any atom is 0.412 e. The lowest BCUT2D eigenvalue weighted by molar-refractivity contribution is -0.152. The first-order valence-corrected chi connectivity index (χ1v) is 13.8. The third kappa shape index (κ3) is 4.37. The van der Waals surface area contributed by atoms with E-state index in [1.54, 1.807) is 26.0 Å². The Kier molecular flexibility index (Phi) is 6.15. The van der Waals surface area contributed by atoms with Gasteiger partial charge < -0.3 is 14.4 Å². The van der Waals surface area contributed by atoms with Crippen LogP contribution in [0.15, 0.2) is 69.8 Å². The van der Waals surface area contributed by atoms with Gasteiger partial charge in [0.05, 0.1) is 6.26 Å². The minimum atomic E-state index is -3.47. The highest BCUT2D eigenvalue weighted by Crippen LogP contribution is 2.47. The van der Waals surface area contributed by atoms with Gasteiger partial charge in [-0.05, 0) is 72.9 Å². The molecule has 1 aliphatic heterocycles. The average Bonchev–Trinajstić information content (AvgIpc) is 3.46. The number of allylic oxidation sites excluding steroid dienone is 7. The number of carboxylic acids is 1. The molecule has 10 nitrogen and oxygen atoms in total. The number of nitrogens with zero attached hydrogens (tertiary/aromatic N) is 2. The maximum atomic E-state index is 12.7. The zero-order chi connectivity index (χ0) is 27.4. The van der Waals surface area contributed by atoms with Crippen LogP contribution in [-0.2, 0) is 19.6 Å². The lowest BCUT2D eigenvalue weighted by Gasteiger charge is -2.46. The molecule has 2 heterocycles. The van der Waals surface area contributed by atoms with Crippen molar-refractivity contribution in [2.75, 3.05) is 24.7 Å². The first-order chi connectivity index (χ1) is 17.9. The molecule has 2 N–H and O–H groups in total. The summed E-state index contributed by atoms with van der Waals surface area (Å²) in [6.45, 7) is 5.23. The van der Waals surface area contributed by atoms with Gasteiger partial charge >= 0.3 is 12.1 Å². The van der Waals surface area contributed by atoms with Crippen LogP contribution in [0.5, 0.6) is 0 Å². The molecule has 1 unspecified atom stereocenters. The van der Waals surface area contributed by atoms with Crippen LogP contribution in [0.25, 0.3) is 5.57 Å². The van der Waals surface area contributed by atoms with Crippen molar-refractivity contribution >= 4 is 33.3 Å². The fourth-order valence-corrected chi connectivity index (χ4v) is 5.83. The number of aliphatic carboxylic acids is 1. The monoisotopic (exact) mass is 537 g/mol. The second-order valence-electron chi connectivity index (χ2n) is 9.82. The van der Waals surface area contributed by atoms with Gasteiger partial charge in [0.15, 0.2) is 5.76 Å². The lowest BCUT2D eigenvalue weighted by Crippen LogP contribution is -2.62. The van der Waals surface area contributed by atoms with Crippen molar-refractivity contribution in [1.82, 2.24) is 9.46 Å². The molecule has 0 bridgehead atoms. The summed E-state index contributed by atoms with van der Waals surface area (Å²) in [6.07, 6.45) is 7.08. The number of carboxylic acid groups (broad SMARTS) is 1. The molecule has 2 aliphatic carbocycles. The summed E-state index contributed by atoms with van der Waals surface area (Å²) in [5.74, 6) is -0.721. The number of aryl methyl sites for hydroxylation is 2. The zero-order valence-corrected chi connectivity index (χ0v) is 22.1. The van der Waals surface area contributed by atoms with Gasteiger partial charge in [-0.1, -0.05) is 29.4 Å². The minimum absolute atomic E-state index is 0.112. The van der Waals surface area contributed by atoms with Crippen LogP contribution < -0.4 is 5.32 Å². The predicted molar refractivity (Wildman–Crippen MR) is 140 cm³/mol. The van der Waals surface area contributed by atoms with Gasteiger partial charge in [0.25, 0.3) is 0 Å². The largest absolute Gasteiger partial charge is 0.481 e. The van der Waals surface area contributed by atoms with Crippen molar-refractivity contribution in [2.24, 2.45) is 5.41 Å². The number of aromatic nitrogens is 1. The smallest absolute Gasteiger partial charge is 0.412 e. The molecule has 0 saturated carbocycles. The van der Waals surface area contributed by atoms with Crippen LogP contribution in [0.4, 0.5) is 10.5 Å². The van der Waals surface area contributed by atoms with Gasteiger partial charge in [-0.25, -0.2) is 13.2 Å². The van der Waals surface area contributed by atoms with E-state index in [2.05, 4.69) is 10.5 Å². The Labute approximate surface area is 220 Å². The van der Waals surface area contributed by atoms with Crippen LogP contribution in [-0.4, -0.2) is 54.4 Å². The average molecular weight is 538 g/mol. The summed E-state index contributed by atoms with van der Waals surface area (Å²) in [5.41, 5.74) is 4.21. The number of ether oxygens (including phenoxy) is 1. The molecular formula is C27H27N3O7S. The van der Waals surface area contributed by atoms with E-state index < -0.39 is 33.6 Å². The van der Waals surface area contributed by atoms with Gasteiger partial charge in [0.2, 0.25) is 10.0 Å². The van der Waals surface area contributed by atoms with Crippen LogP contribution in [0.2, 0.25) is 0 Å². The first-order valence-electron chi connectivity index (χ1n) is 11.9. The fraction of sp³-hybridized carbons (Fsp3) is 0.296. The van der Waals surface area contributed by atoms with E-state index in [9.17, 15) is 23.1 Å². The fourth-order valence-electron chi connectivity index (χ4n) is 4.92. The molecule has 2 aromatic rings. The molecule has 1 saturated heterocycles. The van der Waals surface area contributed by atoms with Gasteiger partial charge in [0.1, 0.15) is 22.9 Å². The lowest BCUT2D eigenvalue weighted by atomic mass is 9.75. The zero-order valence-electron chi connectivity index (χ0n) is 21.3. The van der Waals surface area contributed by atoms with Crippen molar-refractivity contribution in [3.05, 3.63) is 87.9 Å². The van der Waals surface area contributed by atoms with E-state index in [0.717, 1.165) is 32.8 Å². The number of sulfonamides is 1. The molecule has 38 heavy (non-hydrogen) atoms. The molecule has 5 rings (SSSR count). The number of hydrogen-bond donors (Lipinski definition) is 2. The SMILES string of the molecule is Cc1ccccc1C(C)OC(=O)Nc1c(C)noc1C1=CC2=CC(C3(C(=O)O)CN(S(C)(=O)=O)C3)=CC2=C1. The molecule has 198 valence electrons. The highest BCUT2D eigenvalue weighted by molar-refractivity contribution is 7.88. The molecule has 11 heteroatoms. The number of hydrogen-bond acceptors (Lipinski definition) is 7. The predicted octanol–water partition coefficient (Wildman–Crippen LogP) is 4.14.